The summed E-state index contributed by atoms with van der Waals surface area (Å²) in [5.74, 6) is 0.633. The third-order valence-corrected chi connectivity index (χ3v) is 3.80. The van der Waals surface area contributed by atoms with Crippen molar-refractivity contribution >= 4 is 0 Å². The molecule has 0 fully saturated rings. The Kier molecular flexibility index (Phi) is 2.99. The normalized spacial score (nSPS) is 17.3. The first-order valence-corrected chi connectivity index (χ1v) is 6.52. The van der Waals surface area contributed by atoms with E-state index < -0.39 is 0 Å². The fourth-order valence-electron chi connectivity index (χ4n) is 2.82. The van der Waals surface area contributed by atoms with Gasteiger partial charge in [-0.05, 0) is 42.5 Å². The monoisotopic (exact) mass is 255 g/mol. The third kappa shape index (κ3) is 2.00. The minimum absolute atomic E-state index is 0.318. The molecule has 3 nitrogen and oxygen atoms in total. The summed E-state index contributed by atoms with van der Waals surface area (Å²) in [4.78, 5) is 4.43. The van der Waals surface area contributed by atoms with E-state index in [0.717, 1.165) is 29.7 Å². The Bertz CT molecular complexity index is 622. The molecule has 1 atom stereocenters. The Morgan fingerprint density at radius 1 is 1.21 bits per heavy atom. The number of hydrogen-bond acceptors (Lipinski definition) is 3. The zero-order valence-electron chi connectivity index (χ0n) is 11.2. The van der Waals surface area contributed by atoms with Crippen LogP contribution >= 0.6 is 0 Å². The van der Waals surface area contributed by atoms with Gasteiger partial charge < -0.3 is 9.84 Å². The Balaban J connectivity index is 2.13. The summed E-state index contributed by atoms with van der Waals surface area (Å²) in [5, 5.41) is 9.97. The van der Waals surface area contributed by atoms with Crippen LogP contribution in [0.5, 0.6) is 5.88 Å². The summed E-state index contributed by atoms with van der Waals surface area (Å²) in [5.41, 5.74) is 5.57. The second kappa shape index (κ2) is 4.67. The number of hydrogen-bond donors (Lipinski definition) is 1. The van der Waals surface area contributed by atoms with Gasteiger partial charge in [-0.2, -0.15) is 0 Å². The lowest BCUT2D eigenvalue weighted by Crippen LogP contribution is -1.96. The number of ether oxygens (including phenoxy) is 1. The maximum Gasteiger partial charge on any atom is 0.213 e. The molecule has 0 amide bonds. The van der Waals surface area contributed by atoms with Crippen LogP contribution in [0, 0.1) is 6.92 Å². The summed E-state index contributed by atoms with van der Waals surface area (Å²) < 4.78 is 5.14. The Morgan fingerprint density at radius 3 is 2.79 bits per heavy atom. The van der Waals surface area contributed by atoms with Crippen LogP contribution in [0.4, 0.5) is 0 Å². The van der Waals surface area contributed by atoms with Crippen molar-refractivity contribution < 1.29 is 9.84 Å². The van der Waals surface area contributed by atoms with Crippen LogP contribution in [0.3, 0.4) is 0 Å². The van der Waals surface area contributed by atoms with Gasteiger partial charge in [0.05, 0.1) is 13.2 Å². The number of methoxy groups -OCH3 is 1. The SMILES string of the molecule is COc1ccc(-c2cccc3c2CC[C@H]3O)c(C)n1. The molecule has 1 aromatic heterocycles. The molecule has 3 rings (SSSR count). The number of aryl methyl sites for hydroxylation is 1. The van der Waals surface area contributed by atoms with Crippen molar-refractivity contribution in [2.24, 2.45) is 0 Å². The van der Waals surface area contributed by atoms with Crippen LogP contribution in [-0.4, -0.2) is 17.2 Å². The summed E-state index contributed by atoms with van der Waals surface area (Å²) in [6.45, 7) is 1.99. The molecule has 0 saturated carbocycles. The van der Waals surface area contributed by atoms with Gasteiger partial charge in [-0.1, -0.05) is 18.2 Å². The van der Waals surface area contributed by atoms with Crippen molar-refractivity contribution in [3.8, 4) is 17.0 Å². The number of aromatic nitrogens is 1. The quantitative estimate of drug-likeness (QED) is 0.896. The van der Waals surface area contributed by atoms with Gasteiger partial charge in [-0.25, -0.2) is 4.98 Å². The maximum atomic E-state index is 9.97. The average molecular weight is 255 g/mol. The highest BCUT2D eigenvalue weighted by Gasteiger charge is 2.23. The standard InChI is InChI=1S/C16H17NO2/c1-10-11(7-9-16(17-10)19-2)12-4-3-5-14-13(12)6-8-15(14)18/h3-5,7,9,15,18H,6,8H2,1-2H3/t15-/m1/s1. The number of rotatable bonds is 2. The fourth-order valence-corrected chi connectivity index (χ4v) is 2.82. The highest BCUT2D eigenvalue weighted by Crippen LogP contribution is 2.38. The molecule has 0 spiro atoms. The first-order chi connectivity index (χ1) is 9.20. The molecule has 1 aromatic carbocycles. The van der Waals surface area contributed by atoms with Crippen LogP contribution < -0.4 is 4.74 Å². The van der Waals surface area contributed by atoms with Gasteiger partial charge in [0, 0.05) is 17.3 Å². The predicted octanol–water partition coefficient (Wildman–Crippen LogP) is 3.05. The summed E-state index contributed by atoms with van der Waals surface area (Å²) >= 11 is 0. The molecule has 0 unspecified atom stereocenters. The van der Waals surface area contributed by atoms with Gasteiger partial charge in [-0.3, -0.25) is 0 Å². The topological polar surface area (TPSA) is 42.4 Å². The predicted molar refractivity (Wildman–Crippen MR) is 74.2 cm³/mol. The van der Waals surface area contributed by atoms with Gasteiger partial charge in [-0.15, -0.1) is 0 Å². The van der Waals surface area contributed by atoms with Crippen LogP contribution in [0.15, 0.2) is 30.3 Å². The Morgan fingerprint density at radius 2 is 2.05 bits per heavy atom. The number of pyridine rings is 1. The van der Waals surface area contributed by atoms with Crippen molar-refractivity contribution in [1.29, 1.82) is 0 Å². The maximum absolute atomic E-state index is 9.97. The highest BCUT2D eigenvalue weighted by molar-refractivity contribution is 5.72. The molecule has 0 radical (unpaired) electrons. The summed E-state index contributed by atoms with van der Waals surface area (Å²) in [7, 11) is 1.62. The molecule has 3 heteroatoms. The molecule has 0 aliphatic heterocycles. The molecule has 19 heavy (non-hydrogen) atoms. The second-order valence-electron chi connectivity index (χ2n) is 4.91. The zero-order chi connectivity index (χ0) is 13.4. The van der Waals surface area contributed by atoms with Crippen LogP contribution in [0.1, 0.15) is 29.3 Å². The van der Waals surface area contributed by atoms with Crippen molar-refractivity contribution in [2.75, 3.05) is 7.11 Å². The molecular weight excluding hydrogens is 238 g/mol. The molecular formula is C16H17NO2. The van der Waals surface area contributed by atoms with E-state index in [1.54, 1.807) is 7.11 Å². The molecule has 2 aromatic rings. The van der Waals surface area contributed by atoms with Crippen LogP contribution in [0.2, 0.25) is 0 Å². The van der Waals surface area contributed by atoms with Crippen molar-refractivity contribution in [3.63, 3.8) is 0 Å². The minimum Gasteiger partial charge on any atom is -0.481 e. The van der Waals surface area contributed by atoms with Gasteiger partial charge in [0.2, 0.25) is 5.88 Å². The second-order valence-corrected chi connectivity index (χ2v) is 4.91. The van der Waals surface area contributed by atoms with Gasteiger partial charge in [0.1, 0.15) is 0 Å². The zero-order valence-corrected chi connectivity index (χ0v) is 11.2. The van der Waals surface area contributed by atoms with E-state index in [-0.39, 0.29) is 6.10 Å². The van der Waals surface area contributed by atoms with Gasteiger partial charge in [0.15, 0.2) is 0 Å². The van der Waals surface area contributed by atoms with Gasteiger partial charge >= 0.3 is 0 Å². The molecule has 1 heterocycles. The molecule has 1 aliphatic rings. The summed E-state index contributed by atoms with van der Waals surface area (Å²) in [6.07, 6.45) is 1.43. The van der Waals surface area contributed by atoms with Crippen LogP contribution in [-0.2, 0) is 6.42 Å². The number of benzene rings is 1. The average Bonchev–Trinajstić information content (AvgIpc) is 2.81. The first-order valence-electron chi connectivity index (χ1n) is 6.52. The molecule has 0 bridgehead atoms. The largest absolute Gasteiger partial charge is 0.481 e. The lowest BCUT2D eigenvalue weighted by Gasteiger charge is -2.12. The Hall–Kier alpha value is -1.87. The fraction of sp³-hybridized carbons (Fsp3) is 0.312. The minimum atomic E-state index is -0.318. The van der Waals surface area contributed by atoms with Crippen molar-refractivity contribution in [2.45, 2.75) is 25.9 Å². The van der Waals surface area contributed by atoms with Crippen molar-refractivity contribution in [1.82, 2.24) is 4.98 Å². The smallest absolute Gasteiger partial charge is 0.213 e. The number of fused-ring (bicyclic) bond motifs is 1. The van der Waals surface area contributed by atoms with E-state index in [9.17, 15) is 5.11 Å². The molecule has 1 N–H and O–H groups in total. The molecule has 98 valence electrons. The first kappa shape index (κ1) is 12.2. The highest BCUT2D eigenvalue weighted by atomic mass is 16.5. The lowest BCUT2D eigenvalue weighted by atomic mass is 9.96. The number of aliphatic hydroxyl groups is 1. The van der Waals surface area contributed by atoms with Gasteiger partial charge in [0.25, 0.3) is 0 Å². The van der Waals surface area contributed by atoms with E-state index in [1.807, 2.05) is 31.2 Å². The van der Waals surface area contributed by atoms with E-state index >= 15 is 0 Å². The number of nitrogens with zero attached hydrogens (tertiary/aromatic N) is 1. The van der Waals surface area contributed by atoms with Crippen LogP contribution in [0.25, 0.3) is 11.1 Å². The van der Waals surface area contributed by atoms with E-state index in [1.165, 1.54) is 11.1 Å². The molecule has 1 aliphatic carbocycles. The van der Waals surface area contributed by atoms with E-state index in [4.69, 9.17) is 4.74 Å². The van der Waals surface area contributed by atoms with E-state index in [0.29, 0.717) is 5.88 Å². The lowest BCUT2D eigenvalue weighted by molar-refractivity contribution is 0.180. The summed E-state index contributed by atoms with van der Waals surface area (Å²) in [6, 6.07) is 10.1. The third-order valence-electron chi connectivity index (χ3n) is 3.80. The number of aliphatic hydroxyl groups excluding tert-OH is 1. The van der Waals surface area contributed by atoms with Crippen molar-refractivity contribution in [3.05, 3.63) is 47.2 Å². The molecule has 0 saturated heterocycles. The van der Waals surface area contributed by atoms with E-state index in [2.05, 4.69) is 11.1 Å². The Labute approximate surface area is 112 Å².